The number of aryl methyl sites for hydroxylation is 2. The summed E-state index contributed by atoms with van der Waals surface area (Å²) >= 11 is 0. The Morgan fingerprint density at radius 2 is 2.20 bits per heavy atom. The molecule has 1 aliphatic heterocycles. The number of nitrogens with one attached hydrogen (secondary N) is 1. The zero-order chi connectivity index (χ0) is 17.6. The average molecular weight is 337 g/mol. The number of fused-ring (bicyclic) bond motifs is 2. The minimum Gasteiger partial charge on any atom is -0.465 e. The summed E-state index contributed by atoms with van der Waals surface area (Å²) in [5.41, 5.74) is 5.05. The number of amides is 1. The molecule has 128 valence electrons. The highest BCUT2D eigenvalue weighted by atomic mass is 16.6. The molecule has 25 heavy (non-hydrogen) atoms. The van der Waals surface area contributed by atoms with Gasteiger partial charge in [0, 0.05) is 24.7 Å². The zero-order valence-corrected chi connectivity index (χ0v) is 14.1. The van der Waals surface area contributed by atoms with E-state index in [1.807, 2.05) is 54.8 Å². The first-order valence-corrected chi connectivity index (χ1v) is 8.21. The summed E-state index contributed by atoms with van der Waals surface area (Å²) in [6.07, 6.45) is 1.57. The van der Waals surface area contributed by atoms with Gasteiger partial charge in [-0.2, -0.15) is 0 Å². The molecule has 0 radical (unpaired) electrons. The van der Waals surface area contributed by atoms with Crippen molar-refractivity contribution in [3.63, 3.8) is 0 Å². The summed E-state index contributed by atoms with van der Waals surface area (Å²) in [6.45, 7) is 4.24. The number of hydrogen-bond acceptors (Lipinski definition) is 4. The van der Waals surface area contributed by atoms with Crippen LogP contribution < -0.4 is 10.1 Å². The Hall–Kier alpha value is -2.86. The van der Waals surface area contributed by atoms with E-state index in [1.54, 1.807) is 0 Å². The number of carbonyl (C=O) groups is 1. The maximum atomic E-state index is 12.6. The lowest BCUT2D eigenvalue weighted by molar-refractivity contribution is 0.00214. The minimum atomic E-state index is -0.774. The molecule has 0 aliphatic carbocycles. The Balaban J connectivity index is 1.53. The molecule has 1 aromatic carbocycles. The molecule has 1 amide bonds. The quantitative estimate of drug-likeness (QED) is 0.768. The van der Waals surface area contributed by atoms with E-state index in [-0.39, 0.29) is 5.91 Å². The molecule has 6 nitrogen and oxygen atoms in total. The molecule has 1 aliphatic rings. The van der Waals surface area contributed by atoms with Crippen molar-refractivity contribution in [1.82, 2.24) is 14.7 Å². The third-order valence-electron chi connectivity index (χ3n) is 4.41. The van der Waals surface area contributed by atoms with Crippen LogP contribution in [-0.4, -0.2) is 26.7 Å². The zero-order valence-electron chi connectivity index (χ0n) is 14.1. The van der Waals surface area contributed by atoms with Crippen molar-refractivity contribution < 1.29 is 14.6 Å². The lowest BCUT2D eigenvalue weighted by Crippen LogP contribution is -2.25. The topological polar surface area (TPSA) is 75.9 Å². The van der Waals surface area contributed by atoms with E-state index in [9.17, 15) is 9.90 Å². The van der Waals surface area contributed by atoms with Gasteiger partial charge in [-0.25, -0.2) is 4.98 Å². The molecule has 1 unspecified atom stereocenters. The van der Waals surface area contributed by atoms with Gasteiger partial charge in [-0.3, -0.25) is 9.20 Å². The van der Waals surface area contributed by atoms with Crippen LogP contribution in [0.5, 0.6) is 5.75 Å². The van der Waals surface area contributed by atoms with Crippen molar-refractivity contribution >= 4 is 11.6 Å². The highest BCUT2D eigenvalue weighted by molar-refractivity contribution is 5.94. The van der Waals surface area contributed by atoms with Crippen molar-refractivity contribution in [1.29, 1.82) is 0 Å². The fraction of sp³-hybridized carbons (Fsp3) is 0.263. The van der Waals surface area contributed by atoms with Gasteiger partial charge in [0.25, 0.3) is 5.91 Å². The smallest absolute Gasteiger partial charge is 0.270 e. The van der Waals surface area contributed by atoms with E-state index in [4.69, 9.17) is 4.74 Å². The lowest BCUT2D eigenvalue weighted by atomic mass is 10.1. The van der Waals surface area contributed by atoms with E-state index in [0.29, 0.717) is 30.1 Å². The normalized spacial score (nSPS) is 15.9. The molecule has 6 heteroatoms. The number of aliphatic hydroxyl groups excluding tert-OH is 1. The van der Waals surface area contributed by atoms with Crippen molar-refractivity contribution in [2.24, 2.45) is 0 Å². The first-order valence-electron chi connectivity index (χ1n) is 8.21. The molecule has 3 heterocycles. The van der Waals surface area contributed by atoms with Crippen LogP contribution in [-0.2, 0) is 13.0 Å². The second-order valence-corrected chi connectivity index (χ2v) is 6.38. The van der Waals surface area contributed by atoms with Crippen LogP contribution >= 0.6 is 0 Å². The molecule has 4 rings (SSSR count). The Bertz CT molecular complexity index is 977. The number of ether oxygens (including phenoxy) is 1. The molecule has 3 aromatic rings. The number of hydrogen-bond donors (Lipinski definition) is 2. The number of pyridine rings is 1. The van der Waals surface area contributed by atoms with Crippen LogP contribution in [0.1, 0.15) is 32.9 Å². The summed E-state index contributed by atoms with van der Waals surface area (Å²) in [4.78, 5) is 17.1. The maximum absolute atomic E-state index is 12.6. The highest BCUT2D eigenvalue weighted by Gasteiger charge is 2.21. The Morgan fingerprint density at radius 1 is 1.36 bits per heavy atom. The van der Waals surface area contributed by atoms with Crippen molar-refractivity contribution in [3.05, 3.63) is 64.6 Å². The number of aromatic nitrogens is 2. The van der Waals surface area contributed by atoms with Gasteiger partial charge in [0.05, 0.1) is 5.69 Å². The van der Waals surface area contributed by atoms with Crippen LogP contribution in [0.25, 0.3) is 5.65 Å². The fourth-order valence-electron chi connectivity index (χ4n) is 3.20. The van der Waals surface area contributed by atoms with Crippen molar-refractivity contribution in [3.8, 4) is 5.75 Å². The summed E-state index contributed by atoms with van der Waals surface area (Å²) in [5, 5.41) is 12.5. The maximum Gasteiger partial charge on any atom is 0.270 e. The minimum absolute atomic E-state index is 0.161. The number of nitrogens with zero attached hydrogens (tertiary/aromatic N) is 2. The average Bonchev–Trinajstić information content (AvgIpc) is 3.09. The Labute approximate surface area is 145 Å². The Morgan fingerprint density at radius 3 is 3.04 bits per heavy atom. The first-order chi connectivity index (χ1) is 12.0. The monoisotopic (exact) mass is 337 g/mol. The van der Waals surface area contributed by atoms with Crippen LogP contribution in [0.4, 0.5) is 0 Å². The lowest BCUT2D eigenvalue weighted by Gasteiger charge is -2.08. The summed E-state index contributed by atoms with van der Waals surface area (Å²) < 4.78 is 7.09. The number of aliphatic hydroxyl groups is 1. The van der Waals surface area contributed by atoms with Gasteiger partial charge in [-0.05, 0) is 43.2 Å². The van der Waals surface area contributed by atoms with E-state index in [1.165, 1.54) is 0 Å². The molecule has 2 N–H and O–H groups in total. The SMILES string of the molecule is Cc1ccn2c(C(=O)NCc3ccc4c(c3)CC(O)O4)c(C)nc2c1. The van der Waals surface area contributed by atoms with E-state index >= 15 is 0 Å². The summed E-state index contributed by atoms with van der Waals surface area (Å²) in [5.74, 6) is 0.543. The molecule has 0 bridgehead atoms. The molecule has 1 atom stereocenters. The highest BCUT2D eigenvalue weighted by Crippen LogP contribution is 2.28. The first kappa shape index (κ1) is 15.7. The van der Waals surface area contributed by atoms with Gasteiger partial charge in [0.1, 0.15) is 17.1 Å². The predicted molar refractivity (Wildman–Crippen MR) is 92.6 cm³/mol. The number of rotatable bonds is 3. The largest absolute Gasteiger partial charge is 0.465 e. The third kappa shape index (κ3) is 2.85. The van der Waals surface area contributed by atoms with Gasteiger partial charge in [0.2, 0.25) is 6.29 Å². The summed E-state index contributed by atoms with van der Waals surface area (Å²) in [7, 11) is 0. The van der Waals surface area contributed by atoms with E-state index in [2.05, 4.69) is 10.3 Å². The third-order valence-corrected chi connectivity index (χ3v) is 4.41. The molecule has 0 fully saturated rings. The second-order valence-electron chi connectivity index (χ2n) is 6.38. The molecule has 0 saturated carbocycles. The van der Waals surface area contributed by atoms with Gasteiger partial charge in [-0.1, -0.05) is 12.1 Å². The van der Waals surface area contributed by atoms with Gasteiger partial charge < -0.3 is 15.2 Å². The standard InChI is InChI=1S/C19H19N3O3/c1-11-5-6-22-16(7-11)21-12(2)18(22)19(24)20-10-13-3-4-15-14(8-13)9-17(23)25-15/h3-8,17,23H,9-10H2,1-2H3,(H,20,24). The van der Waals surface area contributed by atoms with Crippen LogP contribution in [0.3, 0.4) is 0 Å². The van der Waals surface area contributed by atoms with E-state index in [0.717, 1.165) is 22.3 Å². The number of carbonyl (C=O) groups excluding carboxylic acids is 1. The van der Waals surface area contributed by atoms with Gasteiger partial charge in [-0.15, -0.1) is 0 Å². The second kappa shape index (κ2) is 5.89. The molecular weight excluding hydrogens is 318 g/mol. The summed E-state index contributed by atoms with van der Waals surface area (Å²) in [6, 6.07) is 9.58. The molecule has 0 saturated heterocycles. The van der Waals surface area contributed by atoms with Crippen molar-refractivity contribution in [2.75, 3.05) is 0 Å². The molecule has 0 spiro atoms. The van der Waals surface area contributed by atoms with Crippen LogP contribution in [0.2, 0.25) is 0 Å². The number of benzene rings is 1. The van der Waals surface area contributed by atoms with E-state index < -0.39 is 6.29 Å². The molecule has 2 aromatic heterocycles. The van der Waals surface area contributed by atoms with Crippen LogP contribution in [0, 0.1) is 13.8 Å². The molecular formula is C19H19N3O3. The fourth-order valence-corrected chi connectivity index (χ4v) is 3.20. The van der Waals surface area contributed by atoms with Gasteiger partial charge in [0.15, 0.2) is 0 Å². The predicted octanol–water partition coefficient (Wildman–Crippen LogP) is 2.13. The number of imidazole rings is 1. The van der Waals surface area contributed by atoms with Crippen LogP contribution in [0.15, 0.2) is 36.5 Å². The van der Waals surface area contributed by atoms with Gasteiger partial charge >= 0.3 is 0 Å². The Kier molecular flexibility index (Phi) is 3.69. The van der Waals surface area contributed by atoms with Crippen molar-refractivity contribution in [2.45, 2.75) is 33.1 Å².